The number of halogens is 3. The molecule has 6 heterocycles. The normalized spacial score (nSPS) is 28.9. The predicted octanol–water partition coefficient (Wildman–Crippen LogP) is -1.97. The Labute approximate surface area is 507 Å². The molecule has 0 saturated carbocycles. The van der Waals surface area contributed by atoms with Crippen LogP contribution in [0.5, 0.6) is 0 Å². The zero-order chi connectivity index (χ0) is 69.8. The van der Waals surface area contributed by atoms with Gasteiger partial charge >= 0.3 is 35.5 Å². The van der Waals surface area contributed by atoms with Crippen molar-refractivity contribution < 1.29 is 114 Å². The summed E-state index contributed by atoms with van der Waals surface area (Å²) < 4.78 is 115. The third-order valence-corrected chi connectivity index (χ3v) is 17.8. The minimum atomic E-state index is -3.43. The number of nitrogens with one attached hydrogen (secondary N) is 6. The highest BCUT2D eigenvalue weighted by molar-refractivity contribution is 7.56. The SMILES string of the molecule is CC(C)[C@H](C)NP(C)(=O)OC[C@@]1(F)O[C@@H](n2ccc(=O)[nH]c2=O)C(O)[C@@H]1O.CC(C)[C@H](C)NP(C)(=O)OC[C@@]1(F)O[C@@H](n2ccc(=O)[nH]c2=O)C(O)[C@@H]1O.CC(C)[C@H](C)NP(C)(=O)OC[C@@]1(F)O[C@@H](n2ccc(=O)[nH]c2=O)[C@@H](O)C1O.O=C=O.O=C=O.O=C=O. The first-order valence-corrected chi connectivity index (χ1v) is 32.6. The van der Waals surface area contributed by atoms with Gasteiger partial charge in [-0.3, -0.25) is 56.7 Å². The number of aliphatic hydroxyl groups excluding tert-OH is 6. The van der Waals surface area contributed by atoms with Gasteiger partial charge in [0.1, 0.15) is 56.4 Å². The van der Waals surface area contributed by atoms with E-state index in [1.807, 2.05) is 56.5 Å². The molecule has 0 radical (unpaired) electrons. The fraction of sp³-hybridized carbons (Fsp3) is 0.688. The van der Waals surface area contributed by atoms with Gasteiger partial charge in [0.15, 0.2) is 18.7 Å². The smallest absolute Gasteiger partial charge is 0.373 e. The molecule has 6 unspecified atom stereocenters. The number of hydrogen-bond acceptors (Lipinski definition) is 27. The second-order valence-electron chi connectivity index (χ2n) is 21.3. The standard InChI is InChI=1S/3C15H25FN3O7P.3CO2/c3*1-8(2)9(3)18-27(4,24)25-7-15(16)12(22)11(21)13(26-15)19-6-5-10(20)17-14(19)23;3*2-1-3/h3*5-6,8-9,11-13,21-22H,7H2,1-4H3,(H,18,24)(H,17,20,23);;;/t2*9-,11?,12-,13+,15+,27?;9-,11-,12?,13+,15+,27?;;;/m000.../s1. The van der Waals surface area contributed by atoms with Crippen LogP contribution >= 0.6 is 22.6 Å². The molecule has 0 amide bonds. The molecule has 42 heteroatoms. The first-order valence-electron chi connectivity index (χ1n) is 26.4. The van der Waals surface area contributed by atoms with E-state index < -0.39 is 149 Å². The van der Waals surface area contributed by atoms with Gasteiger partial charge in [0.2, 0.25) is 0 Å². The zero-order valence-corrected chi connectivity index (χ0v) is 53.0. The Morgan fingerprint density at radius 2 is 0.656 bits per heavy atom. The van der Waals surface area contributed by atoms with Crippen molar-refractivity contribution in [1.29, 1.82) is 0 Å². The number of ether oxygens (including phenoxy) is 3. The largest absolute Gasteiger partial charge is 0.385 e. The lowest BCUT2D eigenvalue weighted by Gasteiger charge is -2.27. The van der Waals surface area contributed by atoms with Gasteiger partial charge < -0.3 is 58.4 Å². The Bertz CT molecular complexity index is 3090. The zero-order valence-electron chi connectivity index (χ0n) is 50.3. The van der Waals surface area contributed by atoms with Crippen molar-refractivity contribution in [3.63, 3.8) is 0 Å². The Balaban J connectivity index is 0.000000631. The summed E-state index contributed by atoms with van der Waals surface area (Å²) in [5.41, 5.74) is -4.89. The molecule has 0 spiro atoms. The average molecular weight is 1360 g/mol. The molecule has 3 aliphatic heterocycles. The van der Waals surface area contributed by atoms with Gasteiger partial charge in [-0.1, -0.05) is 41.5 Å². The van der Waals surface area contributed by atoms with Crippen molar-refractivity contribution in [2.24, 2.45) is 17.8 Å². The van der Waals surface area contributed by atoms with Gasteiger partial charge in [-0.25, -0.2) is 42.8 Å². The van der Waals surface area contributed by atoms with E-state index in [1.54, 1.807) is 20.8 Å². The van der Waals surface area contributed by atoms with Crippen LogP contribution in [0.1, 0.15) is 81.0 Å². The lowest BCUT2D eigenvalue weighted by Crippen LogP contribution is -2.43. The van der Waals surface area contributed by atoms with Gasteiger partial charge in [0, 0.05) is 74.9 Å². The van der Waals surface area contributed by atoms with Gasteiger partial charge in [0.25, 0.3) is 56.8 Å². The number of aliphatic hydroxyl groups is 6. The molecule has 0 aliphatic carbocycles. The number of aromatic amines is 3. The fourth-order valence-electron chi connectivity index (χ4n) is 7.46. The molecule has 6 rings (SSSR count). The monoisotopic (exact) mass is 1360 g/mol. The molecular weight excluding hydrogens is 1280 g/mol. The number of carbonyl (C=O) groups excluding carboxylic acids is 6. The molecule has 0 aromatic carbocycles. The number of nitrogens with zero attached hydrogens (tertiary/aromatic N) is 3. The van der Waals surface area contributed by atoms with Crippen molar-refractivity contribution in [3.05, 3.63) is 99.3 Å². The molecule has 3 fully saturated rings. The number of rotatable bonds is 21. The van der Waals surface area contributed by atoms with Crippen LogP contribution in [0.2, 0.25) is 0 Å². The molecule has 90 heavy (non-hydrogen) atoms. The van der Waals surface area contributed by atoms with Gasteiger partial charge in [0.05, 0.1) is 0 Å². The summed E-state index contributed by atoms with van der Waals surface area (Å²) >= 11 is 0. The number of hydrogen-bond donors (Lipinski definition) is 12. The molecule has 510 valence electrons. The van der Waals surface area contributed by atoms with Crippen molar-refractivity contribution in [2.45, 2.75) is 153 Å². The molecule has 3 saturated heterocycles. The predicted molar refractivity (Wildman–Crippen MR) is 298 cm³/mol. The summed E-state index contributed by atoms with van der Waals surface area (Å²) in [6, 6.07) is 2.42. The van der Waals surface area contributed by atoms with Crippen molar-refractivity contribution in [2.75, 3.05) is 39.8 Å². The van der Waals surface area contributed by atoms with E-state index in [2.05, 4.69) is 15.3 Å². The van der Waals surface area contributed by atoms with Crippen LogP contribution < -0.4 is 49.0 Å². The number of H-pyrrole nitrogens is 3. The number of aromatic nitrogens is 6. The quantitative estimate of drug-likeness (QED) is 0.0515. The Hall–Kier alpha value is -5.94. The van der Waals surface area contributed by atoms with Crippen LogP contribution in [0.15, 0.2) is 65.6 Å². The topological polar surface area (TPSA) is 531 Å². The lowest BCUT2D eigenvalue weighted by molar-refractivity contribution is -0.203. The van der Waals surface area contributed by atoms with E-state index in [9.17, 15) is 73.1 Å². The highest BCUT2D eigenvalue weighted by Gasteiger charge is 2.59. The molecule has 0 bridgehead atoms. The van der Waals surface area contributed by atoms with Crippen LogP contribution in [-0.4, -0.2) is 190 Å². The van der Waals surface area contributed by atoms with Gasteiger partial charge in [-0.15, -0.1) is 0 Å². The Morgan fingerprint density at radius 3 is 0.822 bits per heavy atom. The highest BCUT2D eigenvalue weighted by atomic mass is 31.2. The second-order valence-corrected chi connectivity index (χ2v) is 28.0. The summed E-state index contributed by atoms with van der Waals surface area (Å²) in [5, 5.41) is 68.6. The minimum absolute atomic E-state index is 0.146. The molecule has 3 aromatic heterocycles. The third kappa shape index (κ3) is 23.9. The molecule has 12 N–H and O–H groups in total. The average Bonchev–Trinajstić information content (AvgIpc) is 1.84. The summed E-state index contributed by atoms with van der Waals surface area (Å²) in [6.45, 7) is 17.8. The Morgan fingerprint density at radius 1 is 0.467 bits per heavy atom. The summed E-state index contributed by atoms with van der Waals surface area (Å²) in [7, 11) is -10.3. The van der Waals surface area contributed by atoms with Gasteiger partial charge in [-0.05, 0) is 38.5 Å². The molecule has 3 aliphatic rings. The van der Waals surface area contributed by atoms with Crippen molar-refractivity contribution >= 4 is 41.0 Å². The molecule has 18 atom stereocenters. The first-order chi connectivity index (χ1) is 41.3. The summed E-state index contributed by atoms with van der Waals surface area (Å²) in [5.74, 6) is -8.29. The lowest BCUT2D eigenvalue weighted by atomic mass is 10.1. The first kappa shape index (κ1) is 82.1. The fourth-order valence-corrected chi connectivity index (χ4v) is 12.1. The van der Waals surface area contributed by atoms with Crippen LogP contribution in [-0.2, 0) is 70.2 Å². The second kappa shape index (κ2) is 35.2. The maximum atomic E-state index is 15.0. The van der Waals surface area contributed by atoms with Gasteiger partial charge in [-0.2, -0.15) is 28.8 Å². The molecular formula is C48H75F3N9O27P3. The highest BCUT2D eigenvalue weighted by Crippen LogP contribution is 2.47. The summed E-state index contributed by atoms with van der Waals surface area (Å²) in [6.07, 6.45) is -12.7. The van der Waals surface area contributed by atoms with E-state index in [4.69, 9.17) is 56.5 Å². The van der Waals surface area contributed by atoms with Crippen LogP contribution in [0.3, 0.4) is 0 Å². The van der Waals surface area contributed by atoms with Crippen molar-refractivity contribution in [3.8, 4) is 0 Å². The van der Waals surface area contributed by atoms with E-state index in [0.29, 0.717) is 0 Å². The van der Waals surface area contributed by atoms with E-state index in [-0.39, 0.29) is 54.3 Å². The maximum Gasteiger partial charge on any atom is 0.373 e. The minimum Gasteiger partial charge on any atom is -0.385 e. The maximum absolute atomic E-state index is 15.0. The third-order valence-electron chi connectivity index (χ3n) is 13.3. The molecule has 3 aromatic rings. The van der Waals surface area contributed by atoms with Crippen molar-refractivity contribution in [1.82, 2.24) is 43.9 Å². The van der Waals surface area contributed by atoms with E-state index in [0.717, 1.165) is 50.5 Å². The molecule has 36 nitrogen and oxygen atoms in total. The summed E-state index contributed by atoms with van der Waals surface area (Å²) in [4.78, 5) is 123. The number of alkyl halides is 3. The van der Waals surface area contributed by atoms with Crippen LogP contribution in [0.4, 0.5) is 13.2 Å². The Kier molecular flexibility index (Phi) is 32.1. The van der Waals surface area contributed by atoms with Crippen LogP contribution in [0, 0.1) is 17.8 Å². The van der Waals surface area contributed by atoms with E-state index in [1.165, 1.54) is 20.0 Å². The van der Waals surface area contributed by atoms with Crippen LogP contribution in [0.25, 0.3) is 0 Å². The van der Waals surface area contributed by atoms with E-state index >= 15 is 13.2 Å².